The lowest BCUT2D eigenvalue weighted by Crippen LogP contribution is -3.08. The highest BCUT2D eigenvalue weighted by atomic mass is 19.1. The molecule has 1 unspecified atom stereocenters. The molecule has 0 aliphatic heterocycles. The van der Waals surface area contributed by atoms with Crippen LogP contribution >= 0.6 is 0 Å². The Labute approximate surface area is 155 Å². The molecule has 0 spiro atoms. The molecule has 2 aromatic carbocycles. The van der Waals surface area contributed by atoms with Crippen molar-refractivity contribution >= 4 is 11.6 Å². The molecule has 0 saturated heterocycles. The number of halogens is 1. The van der Waals surface area contributed by atoms with Crippen molar-refractivity contribution in [1.82, 2.24) is 0 Å². The van der Waals surface area contributed by atoms with E-state index in [0.717, 1.165) is 22.6 Å². The summed E-state index contributed by atoms with van der Waals surface area (Å²) in [5.74, 6) is 0.293. The van der Waals surface area contributed by atoms with Crippen LogP contribution in [0.1, 0.15) is 37.3 Å². The molecule has 2 rings (SSSR count). The molecule has 5 heteroatoms. The molecule has 26 heavy (non-hydrogen) atoms. The van der Waals surface area contributed by atoms with Gasteiger partial charge in [0.1, 0.15) is 6.54 Å². The van der Waals surface area contributed by atoms with Crippen molar-refractivity contribution in [3.63, 3.8) is 0 Å². The molecule has 0 saturated carbocycles. The summed E-state index contributed by atoms with van der Waals surface area (Å²) in [4.78, 5) is 13.2. The average molecular weight is 359 g/mol. The van der Waals surface area contributed by atoms with Crippen LogP contribution in [0.15, 0.2) is 42.5 Å². The van der Waals surface area contributed by atoms with Gasteiger partial charge < -0.3 is 15.0 Å². The Morgan fingerprint density at radius 2 is 1.92 bits per heavy atom. The number of amides is 1. The number of methoxy groups -OCH3 is 1. The summed E-state index contributed by atoms with van der Waals surface area (Å²) in [6.45, 7) is 5.21. The minimum atomic E-state index is -0.386. The van der Waals surface area contributed by atoms with Crippen molar-refractivity contribution in [3.05, 3.63) is 59.4 Å². The maximum Gasteiger partial charge on any atom is 0.279 e. The lowest BCUT2D eigenvalue weighted by molar-refractivity contribution is -0.885. The zero-order valence-electron chi connectivity index (χ0n) is 15.9. The van der Waals surface area contributed by atoms with Crippen LogP contribution < -0.4 is 15.0 Å². The Balaban J connectivity index is 1.87. The number of ether oxygens (including phenoxy) is 1. The summed E-state index contributed by atoms with van der Waals surface area (Å²) >= 11 is 0. The molecule has 0 heterocycles. The SMILES string of the molecule is CC[C@H](C)c1ccc(NC(=O)C[NH+](C)Cc2ccc(OC)c(F)c2)cc1. The standard InChI is InChI=1S/C21H27FN2O2/c1-5-15(2)17-7-9-18(10-8-17)23-21(25)14-24(3)13-16-6-11-20(26-4)19(22)12-16/h6-12,15H,5,13-14H2,1-4H3,(H,23,25)/p+1/t15-/m0/s1. The number of anilines is 1. The van der Waals surface area contributed by atoms with E-state index in [2.05, 4.69) is 31.3 Å². The van der Waals surface area contributed by atoms with E-state index < -0.39 is 0 Å². The van der Waals surface area contributed by atoms with E-state index in [1.54, 1.807) is 6.07 Å². The summed E-state index contributed by atoms with van der Waals surface area (Å²) in [7, 11) is 3.35. The van der Waals surface area contributed by atoms with Gasteiger partial charge in [-0.3, -0.25) is 4.79 Å². The summed E-state index contributed by atoms with van der Waals surface area (Å²) in [5, 5.41) is 2.92. The summed E-state index contributed by atoms with van der Waals surface area (Å²) in [6, 6.07) is 12.9. The van der Waals surface area contributed by atoms with Gasteiger partial charge in [0, 0.05) is 11.3 Å². The first-order valence-electron chi connectivity index (χ1n) is 8.96. The first kappa shape index (κ1) is 19.9. The smallest absolute Gasteiger partial charge is 0.279 e. The monoisotopic (exact) mass is 359 g/mol. The molecule has 140 valence electrons. The van der Waals surface area contributed by atoms with Gasteiger partial charge in [-0.1, -0.05) is 26.0 Å². The molecule has 0 fully saturated rings. The van der Waals surface area contributed by atoms with Gasteiger partial charge in [0.25, 0.3) is 5.91 Å². The molecule has 0 bridgehead atoms. The quantitative estimate of drug-likeness (QED) is 0.761. The number of carbonyl (C=O) groups excluding carboxylic acids is 1. The summed E-state index contributed by atoms with van der Waals surface area (Å²) in [5.41, 5.74) is 2.90. The third kappa shape index (κ3) is 5.56. The van der Waals surface area contributed by atoms with Crippen molar-refractivity contribution in [2.75, 3.05) is 26.0 Å². The van der Waals surface area contributed by atoms with E-state index in [0.29, 0.717) is 19.0 Å². The van der Waals surface area contributed by atoms with E-state index in [1.165, 1.54) is 18.7 Å². The molecule has 0 aliphatic rings. The van der Waals surface area contributed by atoms with Crippen LogP contribution in [0.25, 0.3) is 0 Å². The molecular weight excluding hydrogens is 331 g/mol. The van der Waals surface area contributed by atoms with Gasteiger partial charge in [-0.05, 0) is 48.2 Å². The Hall–Kier alpha value is -2.40. The zero-order valence-corrected chi connectivity index (χ0v) is 15.9. The Kier molecular flexibility index (Phi) is 7.16. The first-order valence-corrected chi connectivity index (χ1v) is 8.96. The highest BCUT2D eigenvalue weighted by Crippen LogP contribution is 2.20. The second-order valence-corrected chi connectivity index (χ2v) is 6.76. The van der Waals surface area contributed by atoms with Crippen LogP contribution in [0, 0.1) is 5.82 Å². The number of hydrogen-bond acceptors (Lipinski definition) is 2. The number of nitrogens with one attached hydrogen (secondary N) is 2. The zero-order chi connectivity index (χ0) is 19.1. The highest BCUT2D eigenvalue weighted by molar-refractivity contribution is 5.91. The molecular formula is C21H28FN2O2+. The largest absolute Gasteiger partial charge is 0.494 e. The van der Waals surface area contributed by atoms with Crippen molar-refractivity contribution in [2.24, 2.45) is 0 Å². The van der Waals surface area contributed by atoms with Crippen molar-refractivity contribution < 1.29 is 18.8 Å². The second-order valence-electron chi connectivity index (χ2n) is 6.76. The maximum atomic E-state index is 13.8. The third-order valence-electron chi connectivity index (χ3n) is 4.56. The van der Waals surface area contributed by atoms with Crippen molar-refractivity contribution in [3.8, 4) is 5.75 Å². The average Bonchev–Trinajstić information content (AvgIpc) is 2.61. The van der Waals surface area contributed by atoms with Gasteiger partial charge >= 0.3 is 0 Å². The van der Waals surface area contributed by atoms with Gasteiger partial charge in [0.05, 0.1) is 14.2 Å². The van der Waals surface area contributed by atoms with E-state index in [-0.39, 0.29) is 17.5 Å². The van der Waals surface area contributed by atoms with Crippen LogP contribution in [-0.4, -0.2) is 26.6 Å². The highest BCUT2D eigenvalue weighted by Gasteiger charge is 2.13. The number of likely N-dealkylation sites (N-methyl/N-ethyl adjacent to an activating group) is 1. The molecule has 2 aromatic rings. The summed E-state index contributed by atoms with van der Waals surface area (Å²) in [6.07, 6.45) is 1.09. The van der Waals surface area contributed by atoms with Gasteiger partial charge in [-0.15, -0.1) is 0 Å². The fourth-order valence-electron chi connectivity index (χ4n) is 2.84. The topological polar surface area (TPSA) is 42.8 Å². The molecule has 4 nitrogen and oxygen atoms in total. The van der Waals surface area contributed by atoms with E-state index in [1.807, 2.05) is 25.2 Å². The van der Waals surface area contributed by atoms with Gasteiger partial charge in [0.2, 0.25) is 0 Å². The Morgan fingerprint density at radius 3 is 2.50 bits per heavy atom. The molecule has 0 aliphatic carbocycles. The van der Waals surface area contributed by atoms with Gasteiger partial charge in [0.15, 0.2) is 18.1 Å². The lowest BCUT2D eigenvalue weighted by atomic mass is 9.99. The minimum absolute atomic E-state index is 0.0622. The molecule has 0 aromatic heterocycles. The predicted octanol–water partition coefficient (Wildman–Crippen LogP) is 3.00. The number of rotatable bonds is 8. The Bertz CT molecular complexity index is 731. The number of carbonyl (C=O) groups is 1. The number of quaternary nitrogens is 1. The van der Waals surface area contributed by atoms with Gasteiger partial charge in [-0.25, -0.2) is 4.39 Å². The fourth-order valence-corrected chi connectivity index (χ4v) is 2.84. The third-order valence-corrected chi connectivity index (χ3v) is 4.56. The molecule has 2 N–H and O–H groups in total. The van der Waals surface area contributed by atoms with Crippen LogP contribution in [0.5, 0.6) is 5.75 Å². The van der Waals surface area contributed by atoms with Crippen LogP contribution in [-0.2, 0) is 11.3 Å². The van der Waals surface area contributed by atoms with Crippen LogP contribution in [0.4, 0.5) is 10.1 Å². The minimum Gasteiger partial charge on any atom is -0.494 e. The van der Waals surface area contributed by atoms with Crippen molar-refractivity contribution in [1.29, 1.82) is 0 Å². The molecule has 2 atom stereocenters. The van der Waals surface area contributed by atoms with E-state index >= 15 is 0 Å². The predicted molar refractivity (Wildman–Crippen MR) is 102 cm³/mol. The number of benzene rings is 2. The maximum absolute atomic E-state index is 13.8. The molecule has 1 amide bonds. The first-order chi connectivity index (χ1) is 12.4. The molecule has 0 radical (unpaired) electrons. The number of hydrogen-bond donors (Lipinski definition) is 2. The van der Waals surface area contributed by atoms with Crippen LogP contribution in [0.3, 0.4) is 0 Å². The lowest BCUT2D eigenvalue weighted by Gasteiger charge is -2.15. The summed E-state index contributed by atoms with van der Waals surface area (Å²) < 4.78 is 18.7. The van der Waals surface area contributed by atoms with Crippen LogP contribution in [0.2, 0.25) is 0 Å². The fraction of sp³-hybridized carbons (Fsp3) is 0.381. The van der Waals surface area contributed by atoms with Crippen molar-refractivity contribution in [2.45, 2.75) is 32.7 Å². The van der Waals surface area contributed by atoms with E-state index in [4.69, 9.17) is 4.74 Å². The van der Waals surface area contributed by atoms with E-state index in [9.17, 15) is 9.18 Å². The second kappa shape index (κ2) is 9.34. The van der Waals surface area contributed by atoms with Gasteiger partial charge in [-0.2, -0.15) is 0 Å². The Morgan fingerprint density at radius 1 is 1.23 bits per heavy atom. The normalized spacial score (nSPS) is 13.1.